The number of halogens is 1. The monoisotopic (exact) mass is 280 g/mol. The molecule has 0 aliphatic rings. The quantitative estimate of drug-likeness (QED) is 0.469. The van der Waals surface area contributed by atoms with Gasteiger partial charge in [0, 0.05) is 5.56 Å². The SMILES string of the molecule is CCOC(=O)C(C#N)c1cc(F)cc(CC)c1[N+](=O)[O-]. The molecule has 0 amide bonds. The molecule has 1 unspecified atom stereocenters. The molecule has 6 nitrogen and oxygen atoms in total. The molecular weight excluding hydrogens is 267 g/mol. The number of nitriles is 1. The standard InChI is InChI=1S/C13H13FN2O4/c1-3-8-5-9(14)6-10(12(8)16(18)19)11(7-15)13(17)20-4-2/h5-6,11H,3-4H2,1-2H3. The lowest BCUT2D eigenvalue weighted by Crippen LogP contribution is -2.17. The van der Waals surface area contributed by atoms with Crippen LogP contribution in [0.1, 0.15) is 30.9 Å². The van der Waals surface area contributed by atoms with Crippen molar-refractivity contribution in [1.29, 1.82) is 5.26 Å². The first-order chi connectivity index (χ1) is 9.46. The van der Waals surface area contributed by atoms with Crippen molar-refractivity contribution < 1.29 is 18.8 Å². The van der Waals surface area contributed by atoms with Crippen molar-refractivity contribution in [2.75, 3.05) is 6.61 Å². The van der Waals surface area contributed by atoms with Gasteiger partial charge in [-0.15, -0.1) is 0 Å². The predicted molar refractivity (Wildman–Crippen MR) is 67.4 cm³/mol. The van der Waals surface area contributed by atoms with E-state index in [1.165, 1.54) is 0 Å². The van der Waals surface area contributed by atoms with Crippen LogP contribution >= 0.6 is 0 Å². The van der Waals surface area contributed by atoms with Crippen molar-refractivity contribution >= 4 is 11.7 Å². The number of aryl methyl sites for hydroxylation is 1. The summed E-state index contributed by atoms with van der Waals surface area (Å²) < 4.78 is 18.2. The van der Waals surface area contributed by atoms with Crippen molar-refractivity contribution in [3.05, 3.63) is 39.2 Å². The fraction of sp³-hybridized carbons (Fsp3) is 0.385. The van der Waals surface area contributed by atoms with E-state index in [0.29, 0.717) is 0 Å². The van der Waals surface area contributed by atoms with E-state index in [-0.39, 0.29) is 24.2 Å². The Morgan fingerprint density at radius 2 is 2.20 bits per heavy atom. The first-order valence-corrected chi connectivity index (χ1v) is 5.99. The smallest absolute Gasteiger partial charge is 0.328 e. The number of esters is 1. The molecule has 1 atom stereocenters. The molecule has 0 saturated carbocycles. The average Bonchev–Trinajstić information content (AvgIpc) is 2.38. The molecule has 1 aromatic carbocycles. The van der Waals surface area contributed by atoms with Crippen LogP contribution < -0.4 is 0 Å². The molecule has 0 bridgehead atoms. The summed E-state index contributed by atoms with van der Waals surface area (Å²) in [4.78, 5) is 22.1. The highest BCUT2D eigenvalue weighted by molar-refractivity contribution is 5.83. The van der Waals surface area contributed by atoms with E-state index in [1.54, 1.807) is 19.9 Å². The number of benzene rings is 1. The molecule has 20 heavy (non-hydrogen) atoms. The van der Waals surface area contributed by atoms with Crippen LogP contribution in [0.3, 0.4) is 0 Å². The second kappa shape index (κ2) is 6.61. The molecule has 1 rings (SSSR count). The molecule has 106 valence electrons. The van der Waals surface area contributed by atoms with Gasteiger partial charge in [-0.3, -0.25) is 14.9 Å². The number of nitro groups is 1. The van der Waals surface area contributed by atoms with E-state index in [1.807, 2.05) is 0 Å². The van der Waals surface area contributed by atoms with Gasteiger partial charge >= 0.3 is 5.97 Å². The molecule has 0 saturated heterocycles. The Morgan fingerprint density at radius 1 is 1.55 bits per heavy atom. The zero-order chi connectivity index (χ0) is 15.3. The Morgan fingerprint density at radius 3 is 2.65 bits per heavy atom. The van der Waals surface area contributed by atoms with Crippen molar-refractivity contribution in [3.8, 4) is 6.07 Å². The zero-order valence-corrected chi connectivity index (χ0v) is 11.1. The van der Waals surface area contributed by atoms with E-state index < -0.39 is 28.3 Å². The summed E-state index contributed by atoms with van der Waals surface area (Å²) in [7, 11) is 0. The van der Waals surface area contributed by atoms with Gasteiger partial charge in [0.15, 0.2) is 5.92 Å². The summed E-state index contributed by atoms with van der Waals surface area (Å²) in [6, 6.07) is 3.50. The minimum Gasteiger partial charge on any atom is -0.465 e. The molecule has 0 fully saturated rings. The highest BCUT2D eigenvalue weighted by atomic mass is 19.1. The Labute approximate surface area is 114 Å². The van der Waals surface area contributed by atoms with E-state index in [2.05, 4.69) is 0 Å². The molecule has 1 aromatic rings. The van der Waals surface area contributed by atoms with Gasteiger partial charge in [0.2, 0.25) is 0 Å². The fourth-order valence-electron chi connectivity index (χ4n) is 1.87. The number of nitro benzene ring substituents is 1. The lowest BCUT2D eigenvalue weighted by Gasteiger charge is -2.11. The van der Waals surface area contributed by atoms with Crippen LogP contribution in [0.4, 0.5) is 10.1 Å². The second-order valence-corrected chi connectivity index (χ2v) is 3.93. The maximum absolute atomic E-state index is 13.5. The number of hydrogen-bond donors (Lipinski definition) is 0. The molecule has 0 radical (unpaired) electrons. The molecule has 0 spiro atoms. The van der Waals surface area contributed by atoms with Gasteiger partial charge in [-0.05, 0) is 25.5 Å². The van der Waals surface area contributed by atoms with Gasteiger partial charge in [-0.2, -0.15) is 5.26 Å². The summed E-state index contributed by atoms with van der Waals surface area (Å²) >= 11 is 0. The lowest BCUT2D eigenvalue weighted by molar-refractivity contribution is -0.386. The Bertz CT molecular complexity index is 580. The molecule has 0 aromatic heterocycles. The normalized spacial score (nSPS) is 11.5. The van der Waals surface area contributed by atoms with Crippen LogP contribution in [0, 0.1) is 27.3 Å². The average molecular weight is 280 g/mol. The zero-order valence-electron chi connectivity index (χ0n) is 11.1. The van der Waals surface area contributed by atoms with Crippen molar-refractivity contribution in [1.82, 2.24) is 0 Å². The largest absolute Gasteiger partial charge is 0.465 e. The molecular formula is C13H13FN2O4. The van der Waals surface area contributed by atoms with E-state index >= 15 is 0 Å². The highest BCUT2D eigenvalue weighted by Crippen LogP contribution is 2.32. The minimum absolute atomic E-state index is 0.0285. The number of carbonyl (C=O) groups is 1. The highest BCUT2D eigenvalue weighted by Gasteiger charge is 2.32. The van der Waals surface area contributed by atoms with Gasteiger partial charge < -0.3 is 4.74 Å². The van der Waals surface area contributed by atoms with E-state index in [0.717, 1.165) is 12.1 Å². The number of nitrogens with zero attached hydrogens (tertiary/aromatic N) is 2. The Hall–Kier alpha value is -2.49. The van der Waals surface area contributed by atoms with Gasteiger partial charge in [0.05, 0.1) is 23.2 Å². The Kier molecular flexibility index (Phi) is 5.15. The third-order valence-corrected chi connectivity index (χ3v) is 2.71. The topological polar surface area (TPSA) is 93.2 Å². The predicted octanol–water partition coefficient (Wildman–Crippen LogP) is 2.47. The minimum atomic E-state index is -1.52. The number of ether oxygens (including phenoxy) is 1. The maximum Gasteiger partial charge on any atom is 0.328 e. The summed E-state index contributed by atoms with van der Waals surface area (Å²) in [5.41, 5.74) is -0.546. The fourth-order valence-corrected chi connectivity index (χ4v) is 1.87. The van der Waals surface area contributed by atoms with Crippen molar-refractivity contribution in [2.45, 2.75) is 26.2 Å². The maximum atomic E-state index is 13.5. The van der Waals surface area contributed by atoms with Crippen LogP contribution in [0.15, 0.2) is 12.1 Å². The second-order valence-electron chi connectivity index (χ2n) is 3.93. The van der Waals surface area contributed by atoms with E-state index in [4.69, 9.17) is 10.00 Å². The summed E-state index contributed by atoms with van der Waals surface area (Å²) in [5, 5.41) is 20.2. The third-order valence-electron chi connectivity index (χ3n) is 2.71. The number of carbonyl (C=O) groups excluding carboxylic acids is 1. The lowest BCUT2D eigenvalue weighted by atomic mass is 9.95. The van der Waals surface area contributed by atoms with Crippen LogP contribution in [-0.2, 0) is 16.0 Å². The summed E-state index contributed by atoms with van der Waals surface area (Å²) in [6.45, 7) is 3.20. The van der Waals surface area contributed by atoms with Crippen LogP contribution in [0.5, 0.6) is 0 Å². The molecule has 0 heterocycles. The molecule has 0 aliphatic heterocycles. The first-order valence-electron chi connectivity index (χ1n) is 5.99. The van der Waals surface area contributed by atoms with Gasteiger partial charge in [0.25, 0.3) is 5.69 Å². The van der Waals surface area contributed by atoms with E-state index in [9.17, 15) is 19.3 Å². The van der Waals surface area contributed by atoms with Crippen LogP contribution in [0.25, 0.3) is 0 Å². The van der Waals surface area contributed by atoms with Crippen molar-refractivity contribution in [2.24, 2.45) is 0 Å². The summed E-state index contributed by atoms with van der Waals surface area (Å²) in [6.07, 6.45) is 0.210. The van der Waals surface area contributed by atoms with Gasteiger partial charge in [-0.1, -0.05) is 6.92 Å². The third kappa shape index (κ3) is 3.09. The molecule has 0 aliphatic carbocycles. The first kappa shape index (κ1) is 15.6. The Balaban J connectivity index is 3.49. The van der Waals surface area contributed by atoms with Gasteiger partial charge in [-0.25, -0.2) is 4.39 Å². The number of hydrogen-bond acceptors (Lipinski definition) is 5. The van der Waals surface area contributed by atoms with Crippen molar-refractivity contribution in [3.63, 3.8) is 0 Å². The molecule has 0 N–H and O–H groups in total. The molecule has 7 heteroatoms. The van der Waals surface area contributed by atoms with Gasteiger partial charge in [0.1, 0.15) is 5.82 Å². The number of rotatable bonds is 5. The van der Waals surface area contributed by atoms with Crippen LogP contribution in [0.2, 0.25) is 0 Å². The summed E-state index contributed by atoms with van der Waals surface area (Å²) in [5.74, 6) is -3.17. The van der Waals surface area contributed by atoms with Crippen LogP contribution in [-0.4, -0.2) is 17.5 Å².